The first-order valence-electron chi connectivity index (χ1n) is 5.59. The first kappa shape index (κ1) is 11.4. The third-order valence-corrected chi connectivity index (χ3v) is 2.73. The first-order chi connectivity index (χ1) is 8.16. The highest BCUT2D eigenvalue weighted by molar-refractivity contribution is 5.50. The maximum absolute atomic E-state index is 5.71. The number of nitrogen functional groups attached to an aromatic ring is 1. The zero-order valence-electron chi connectivity index (χ0n) is 10.1. The average Bonchev–Trinajstić information content (AvgIpc) is 2.70. The van der Waals surface area contributed by atoms with E-state index < -0.39 is 0 Å². The van der Waals surface area contributed by atoms with Gasteiger partial charge in [0.25, 0.3) is 0 Å². The van der Waals surface area contributed by atoms with Crippen LogP contribution in [0, 0.1) is 6.92 Å². The van der Waals surface area contributed by atoms with E-state index in [1.807, 2.05) is 30.8 Å². The van der Waals surface area contributed by atoms with Crippen molar-refractivity contribution < 1.29 is 0 Å². The van der Waals surface area contributed by atoms with Crippen molar-refractivity contribution in [3.63, 3.8) is 0 Å². The van der Waals surface area contributed by atoms with E-state index in [4.69, 9.17) is 5.73 Å². The molecule has 0 aromatic carbocycles. The molecule has 0 atom stereocenters. The maximum atomic E-state index is 5.71. The largest absolute Gasteiger partial charge is 0.397 e. The number of nitrogens with one attached hydrogen (secondary N) is 1. The highest BCUT2D eigenvalue weighted by Crippen LogP contribution is 2.12. The summed E-state index contributed by atoms with van der Waals surface area (Å²) in [6.07, 6.45) is 6.30. The molecule has 5 heteroatoms. The Hall–Kier alpha value is -2.04. The Morgan fingerprint density at radius 3 is 2.88 bits per heavy atom. The Bertz CT molecular complexity index is 503. The molecule has 0 amide bonds. The molecule has 0 unspecified atom stereocenters. The summed E-state index contributed by atoms with van der Waals surface area (Å²) in [6, 6.07) is 1.95. The average molecular weight is 231 g/mol. The maximum Gasteiger partial charge on any atom is 0.126 e. The van der Waals surface area contributed by atoms with Gasteiger partial charge in [-0.25, -0.2) is 9.97 Å². The SMILES string of the molecule is Cc1cc(NCCc2nccn2C)ncc1N. The standard InChI is InChI=1S/C12H17N5/c1-9-7-11(16-8-10(9)13)14-4-3-12-15-5-6-17(12)2/h5-8H,3-4,13H2,1-2H3,(H,14,16). The Kier molecular flexibility index (Phi) is 3.27. The van der Waals surface area contributed by atoms with Gasteiger partial charge in [0.2, 0.25) is 0 Å². The number of pyridine rings is 1. The summed E-state index contributed by atoms with van der Waals surface area (Å²) in [5.74, 6) is 1.91. The third kappa shape index (κ3) is 2.75. The lowest BCUT2D eigenvalue weighted by Gasteiger charge is -2.07. The van der Waals surface area contributed by atoms with E-state index in [1.54, 1.807) is 12.4 Å². The summed E-state index contributed by atoms with van der Waals surface area (Å²) < 4.78 is 2.02. The van der Waals surface area contributed by atoms with Crippen LogP contribution in [0.25, 0.3) is 0 Å². The molecule has 2 aromatic rings. The molecule has 0 fully saturated rings. The molecule has 0 bridgehead atoms. The Morgan fingerprint density at radius 2 is 2.24 bits per heavy atom. The molecule has 0 aliphatic heterocycles. The van der Waals surface area contributed by atoms with E-state index >= 15 is 0 Å². The van der Waals surface area contributed by atoms with Crippen LogP contribution >= 0.6 is 0 Å². The van der Waals surface area contributed by atoms with E-state index in [0.717, 1.165) is 35.9 Å². The Balaban J connectivity index is 1.90. The molecule has 0 aliphatic carbocycles. The van der Waals surface area contributed by atoms with Gasteiger partial charge in [0.15, 0.2) is 0 Å². The molecule has 90 valence electrons. The van der Waals surface area contributed by atoms with Crippen molar-refractivity contribution in [2.45, 2.75) is 13.3 Å². The number of aromatic nitrogens is 3. The Labute approximate surface area is 101 Å². The molecule has 5 nitrogen and oxygen atoms in total. The molecular weight excluding hydrogens is 214 g/mol. The van der Waals surface area contributed by atoms with Gasteiger partial charge in [-0.1, -0.05) is 0 Å². The number of rotatable bonds is 4. The molecule has 0 saturated heterocycles. The van der Waals surface area contributed by atoms with Crippen LogP contribution in [-0.4, -0.2) is 21.1 Å². The molecule has 2 aromatic heterocycles. The third-order valence-electron chi connectivity index (χ3n) is 2.73. The normalized spacial score (nSPS) is 10.5. The van der Waals surface area contributed by atoms with Gasteiger partial charge < -0.3 is 15.6 Å². The zero-order valence-corrected chi connectivity index (χ0v) is 10.1. The van der Waals surface area contributed by atoms with Crippen molar-refractivity contribution in [2.24, 2.45) is 7.05 Å². The number of anilines is 2. The second-order valence-corrected chi connectivity index (χ2v) is 4.06. The van der Waals surface area contributed by atoms with E-state index in [-0.39, 0.29) is 0 Å². The van der Waals surface area contributed by atoms with Crippen molar-refractivity contribution in [2.75, 3.05) is 17.6 Å². The first-order valence-corrected chi connectivity index (χ1v) is 5.59. The molecule has 0 saturated carbocycles. The number of aryl methyl sites for hydroxylation is 2. The van der Waals surface area contributed by atoms with Gasteiger partial charge in [-0.05, 0) is 18.6 Å². The molecular formula is C12H17N5. The fourth-order valence-corrected chi connectivity index (χ4v) is 1.60. The highest BCUT2D eigenvalue weighted by Gasteiger charge is 2.00. The van der Waals surface area contributed by atoms with E-state index in [2.05, 4.69) is 15.3 Å². The van der Waals surface area contributed by atoms with Crippen LogP contribution in [0.15, 0.2) is 24.7 Å². The fraction of sp³-hybridized carbons (Fsp3) is 0.333. The van der Waals surface area contributed by atoms with E-state index in [1.165, 1.54) is 0 Å². The van der Waals surface area contributed by atoms with Crippen molar-refractivity contribution in [3.05, 3.63) is 36.0 Å². The van der Waals surface area contributed by atoms with Crippen LogP contribution in [-0.2, 0) is 13.5 Å². The van der Waals surface area contributed by atoms with E-state index in [9.17, 15) is 0 Å². The fourth-order valence-electron chi connectivity index (χ4n) is 1.60. The van der Waals surface area contributed by atoms with Gasteiger partial charge in [0, 0.05) is 32.4 Å². The monoisotopic (exact) mass is 231 g/mol. The topological polar surface area (TPSA) is 68.8 Å². The van der Waals surface area contributed by atoms with Crippen LogP contribution in [0.1, 0.15) is 11.4 Å². The summed E-state index contributed by atoms with van der Waals surface area (Å²) in [5.41, 5.74) is 7.47. The van der Waals surface area contributed by atoms with Crippen molar-refractivity contribution in [1.29, 1.82) is 0 Å². The molecule has 0 spiro atoms. The van der Waals surface area contributed by atoms with Crippen LogP contribution in [0.5, 0.6) is 0 Å². The molecule has 3 N–H and O–H groups in total. The van der Waals surface area contributed by atoms with Gasteiger partial charge in [-0.3, -0.25) is 0 Å². The minimum absolute atomic E-state index is 0.722. The summed E-state index contributed by atoms with van der Waals surface area (Å²) >= 11 is 0. The minimum atomic E-state index is 0.722. The van der Waals surface area contributed by atoms with Gasteiger partial charge in [0.05, 0.1) is 11.9 Å². The zero-order chi connectivity index (χ0) is 12.3. The Morgan fingerprint density at radius 1 is 1.41 bits per heavy atom. The minimum Gasteiger partial charge on any atom is -0.397 e. The molecule has 2 rings (SSSR count). The van der Waals surface area contributed by atoms with Crippen LogP contribution < -0.4 is 11.1 Å². The summed E-state index contributed by atoms with van der Waals surface area (Å²) in [5, 5.41) is 3.26. The smallest absolute Gasteiger partial charge is 0.126 e. The van der Waals surface area contributed by atoms with E-state index in [0.29, 0.717) is 0 Å². The lowest BCUT2D eigenvalue weighted by Crippen LogP contribution is -2.09. The predicted molar refractivity (Wildman–Crippen MR) is 68.8 cm³/mol. The molecule has 17 heavy (non-hydrogen) atoms. The number of hydrogen-bond donors (Lipinski definition) is 2. The molecule has 0 radical (unpaired) electrons. The van der Waals surface area contributed by atoms with Crippen LogP contribution in [0.2, 0.25) is 0 Å². The summed E-state index contributed by atoms with van der Waals surface area (Å²) in [6.45, 7) is 2.78. The lowest BCUT2D eigenvalue weighted by atomic mass is 10.2. The number of nitrogens with zero attached hydrogens (tertiary/aromatic N) is 3. The second kappa shape index (κ2) is 4.86. The van der Waals surface area contributed by atoms with Gasteiger partial charge in [0.1, 0.15) is 11.6 Å². The summed E-state index contributed by atoms with van der Waals surface area (Å²) in [4.78, 5) is 8.48. The van der Waals surface area contributed by atoms with Gasteiger partial charge >= 0.3 is 0 Å². The lowest BCUT2D eigenvalue weighted by molar-refractivity contribution is 0.788. The van der Waals surface area contributed by atoms with Crippen LogP contribution in [0.4, 0.5) is 11.5 Å². The highest BCUT2D eigenvalue weighted by atomic mass is 15.0. The number of hydrogen-bond acceptors (Lipinski definition) is 4. The number of imidazole rings is 1. The van der Waals surface area contributed by atoms with Crippen molar-refractivity contribution in [1.82, 2.24) is 14.5 Å². The summed E-state index contributed by atoms with van der Waals surface area (Å²) in [7, 11) is 1.99. The molecule has 2 heterocycles. The van der Waals surface area contributed by atoms with Crippen molar-refractivity contribution in [3.8, 4) is 0 Å². The predicted octanol–water partition coefficient (Wildman–Crippen LogP) is 1.36. The van der Waals surface area contributed by atoms with Gasteiger partial charge in [-0.15, -0.1) is 0 Å². The number of nitrogens with two attached hydrogens (primary N) is 1. The second-order valence-electron chi connectivity index (χ2n) is 4.06. The quantitative estimate of drug-likeness (QED) is 0.833. The van der Waals surface area contributed by atoms with Crippen molar-refractivity contribution >= 4 is 11.5 Å². The molecule has 0 aliphatic rings. The van der Waals surface area contributed by atoms with Gasteiger partial charge in [-0.2, -0.15) is 0 Å². The van der Waals surface area contributed by atoms with Crippen LogP contribution in [0.3, 0.4) is 0 Å².